The second-order valence-electron chi connectivity index (χ2n) is 4.74. The highest BCUT2D eigenvalue weighted by Crippen LogP contribution is 2.27. The Morgan fingerprint density at radius 2 is 1.55 bits per heavy atom. The Labute approximate surface area is 118 Å². The summed E-state index contributed by atoms with van der Waals surface area (Å²) >= 11 is 0. The van der Waals surface area contributed by atoms with Crippen molar-refractivity contribution in [3.05, 3.63) is 66.4 Å². The van der Waals surface area contributed by atoms with Crippen molar-refractivity contribution >= 4 is 0 Å². The van der Waals surface area contributed by atoms with Gasteiger partial charge in [-0.25, -0.2) is 0 Å². The normalized spacial score (nSPS) is 10.5. The van der Waals surface area contributed by atoms with E-state index < -0.39 is 0 Å². The van der Waals surface area contributed by atoms with Gasteiger partial charge in [0.1, 0.15) is 11.5 Å². The van der Waals surface area contributed by atoms with Crippen LogP contribution < -0.4 is 4.74 Å². The molecule has 0 saturated carbocycles. The molecule has 1 heterocycles. The lowest BCUT2D eigenvalue weighted by molar-refractivity contribution is 0.483. The number of aryl methyl sites for hydroxylation is 2. The van der Waals surface area contributed by atoms with Crippen molar-refractivity contribution in [2.75, 3.05) is 0 Å². The molecule has 0 N–H and O–H groups in total. The van der Waals surface area contributed by atoms with E-state index >= 15 is 0 Å². The van der Waals surface area contributed by atoms with E-state index in [0.29, 0.717) is 0 Å². The highest BCUT2D eigenvalue weighted by atomic mass is 16.5. The molecule has 0 fully saturated rings. The summed E-state index contributed by atoms with van der Waals surface area (Å²) in [5.41, 5.74) is 3.45. The third-order valence-corrected chi connectivity index (χ3v) is 3.23. The Balaban J connectivity index is 1.85. The minimum absolute atomic E-state index is 0.833. The summed E-state index contributed by atoms with van der Waals surface area (Å²) in [7, 11) is 1.96. The number of aromatic nitrogens is 2. The first kappa shape index (κ1) is 12.5. The molecule has 100 valence electrons. The van der Waals surface area contributed by atoms with Crippen molar-refractivity contribution < 1.29 is 4.74 Å². The number of para-hydroxylation sites is 1. The fraction of sp³-hybridized carbons (Fsp3) is 0.118. The SMILES string of the molecule is Cc1cnn(C)c1-c1ccc(Oc2ccccc2)cc1. The van der Waals surface area contributed by atoms with Gasteiger partial charge in [0, 0.05) is 12.6 Å². The van der Waals surface area contributed by atoms with Gasteiger partial charge >= 0.3 is 0 Å². The van der Waals surface area contributed by atoms with Gasteiger partial charge in [-0.3, -0.25) is 4.68 Å². The highest BCUT2D eigenvalue weighted by molar-refractivity contribution is 5.63. The van der Waals surface area contributed by atoms with Gasteiger partial charge in [-0.2, -0.15) is 5.10 Å². The second kappa shape index (κ2) is 5.21. The van der Waals surface area contributed by atoms with E-state index in [2.05, 4.69) is 24.2 Å². The zero-order chi connectivity index (χ0) is 13.9. The van der Waals surface area contributed by atoms with E-state index in [9.17, 15) is 0 Å². The highest BCUT2D eigenvalue weighted by Gasteiger charge is 2.07. The van der Waals surface area contributed by atoms with Crippen LogP contribution in [0.15, 0.2) is 60.8 Å². The molecular weight excluding hydrogens is 248 g/mol. The molecular formula is C17H16N2O. The van der Waals surface area contributed by atoms with Crippen LogP contribution in [-0.4, -0.2) is 9.78 Å². The molecule has 0 aliphatic heterocycles. The van der Waals surface area contributed by atoms with Gasteiger partial charge in [-0.15, -0.1) is 0 Å². The minimum Gasteiger partial charge on any atom is -0.457 e. The number of benzene rings is 2. The number of rotatable bonds is 3. The van der Waals surface area contributed by atoms with Gasteiger partial charge in [0.25, 0.3) is 0 Å². The van der Waals surface area contributed by atoms with Gasteiger partial charge in [0.15, 0.2) is 0 Å². The van der Waals surface area contributed by atoms with Crippen LogP contribution in [-0.2, 0) is 7.05 Å². The summed E-state index contributed by atoms with van der Waals surface area (Å²) in [4.78, 5) is 0. The fourth-order valence-electron chi connectivity index (χ4n) is 2.27. The second-order valence-corrected chi connectivity index (χ2v) is 4.74. The van der Waals surface area contributed by atoms with Gasteiger partial charge in [0.05, 0.1) is 11.9 Å². The smallest absolute Gasteiger partial charge is 0.127 e. The average Bonchev–Trinajstić information content (AvgIpc) is 2.81. The molecule has 0 atom stereocenters. The number of ether oxygens (including phenoxy) is 1. The summed E-state index contributed by atoms with van der Waals surface area (Å²) in [6.45, 7) is 2.07. The number of nitrogens with zero attached hydrogens (tertiary/aromatic N) is 2. The Bertz CT molecular complexity index is 680. The van der Waals surface area contributed by atoms with Crippen LogP contribution in [0.25, 0.3) is 11.3 Å². The zero-order valence-corrected chi connectivity index (χ0v) is 11.6. The summed E-state index contributed by atoms with van der Waals surface area (Å²) in [5, 5.41) is 4.27. The summed E-state index contributed by atoms with van der Waals surface area (Å²) < 4.78 is 7.68. The van der Waals surface area contributed by atoms with Gasteiger partial charge < -0.3 is 4.74 Å². The fourth-order valence-corrected chi connectivity index (χ4v) is 2.27. The maximum atomic E-state index is 5.79. The molecule has 0 radical (unpaired) electrons. The van der Waals surface area contributed by atoms with Crippen LogP contribution in [0.1, 0.15) is 5.56 Å². The van der Waals surface area contributed by atoms with Crippen LogP contribution in [0.5, 0.6) is 11.5 Å². The molecule has 0 aliphatic rings. The first-order valence-corrected chi connectivity index (χ1v) is 6.56. The quantitative estimate of drug-likeness (QED) is 0.709. The third kappa shape index (κ3) is 2.43. The molecule has 3 rings (SSSR count). The van der Waals surface area contributed by atoms with Crippen LogP contribution >= 0.6 is 0 Å². The predicted molar refractivity (Wildman–Crippen MR) is 79.9 cm³/mol. The first-order chi connectivity index (χ1) is 9.74. The molecule has 0 saturated heterocycles. The zero-order valence-electron chi connectivity index (χ0n) is 11.6. The largest absolute Gasteiger partial charge is 0.457 e. The number of hydrogen-bond donors (Lipinski definition) is 0. The van der Waals surface area contributed by atoms with Crippen molar-refractivity contribution in [3.63, 3.8) is 0 Å². The van der Waals surface area contributed by atoms with Crippen LogP contribution in [0.2, 0.25) is 0 Å². The molecule has 3 nitrogen and oxygen atoms in total. The molecule has 2 aromatic carbocycles. The summed E-state index contributed by atoms with van der Waals surface area (Å²) in [6.07, 6.45) is 1.88. The van der Waals surface area contributed by atoms with E-state index in [1.807, 2.05) is 60.4 Å². The average molecular weight is 264 g/mol. The molecule has 3 heteroatoms. The molecule has 0 amide bonds. The predicted octanol–water partition coefficient (Wildman–Crippen LogP) is 4.19. The van der Waals surface area contributed by atoms with Gasteiger partial charge in [-0.05, 0) is 48.9 Å². The molecule has 0 unspecified atom stereocenters. The molecule has 0 bridgehead atoms. The standard InChI is InChI=1S/C17H16N2O/c1-13-12-18-19(2)17(13)14-8-10-16(11-9-14)20-15-6-4-3-5-7-15/h3-12H,1-2H3. The molecule has 20 heavy (non-hydrogen) atoms. The molecule has 1 aromatic heterocycles. The first-order valence-electron chi connectivity index (χ1n) is 6.56. The Hall–Kier alpha value is -2.55. The van der Waals surface area contributed by atoms with Crippen molar-refractivity contribution in [2.45, 2.75) is 6.92 Å². The van der Waals surface area contributed by atoms with Crippen molar-refractivity contribution in [3.8, 4) is 22.8 Å². The molecule has 0 spiro atoms. The topological polar surface area (TPSA) is 27.1 Å². The third-order valence-electron chi connectivity index (χ3n) is 3.23. The molecule has 0 aliphatic carbocycles. The van der Waals surface area contributed by atoms with Crippen LogP contribution in [0.3, 0.4) is 0 Å². The van der Waals surface area contributed by atoms with E-state index in [4.69, 9.17) is 4.74 Å². The van der Waals surface area contributed by atoms with E-state index in [1.54, 1.807) is 0 Å². The summed E-state index contributed by atoms with van der Waals surface area (Å²) in [5.74, 6) is 1.68. The van der Waals surface area contributed by atoms with Gasteiger partial charge in [0.2, 0.25) is 0 Å². The Morgan fingerprint density at radius 3 is 2.15 bits per heavy atom. The minimum atomic E-state index is 0.833. The van der Waals surface area contributed by atoms with Crippen molar-refractivity contribution in [1.82, 2.24) is 9.78 Å². The van der Waals surface area contributed by atoms with E-state index in [1.165, 1.54) is 5.56 Å². The monoisotopic (exact) mass is 264 g/mol. The van der Waals surface area contributed by atoms with Crippen LogP contribution in [0, 0.1) is 6.92 Å². The van der Waals surface area contributed by atoms with Gasteiger partial charge in [-0.1, -0.05) is 18.2 Å². The Morgan fingerprint density at radius 1 is 0.900 bits per heavy atom. The maximum Gasteiger partial charge on any atom is 0.127 e. The lowest BCUT2D eigenvalue weighted by Crippen LogP contribution is -1.94. The summed E-state index contributed by atoms with van der Waals surface area (Å²) in [6, 6.07) is 17.9. The van der Waals surface area contributed by atoms with Crippen molar-refractivity contribution in [2.24, 2.45) is 7.05 Å². The maximum absolute atomic E-state index is 5.79. The lowest BCUT2D eigenvalue weighted by Gasteiger charge is -2.08. The number of hydrogen-bond acceptors (Lipinski definition) is 2. The van der Waals surface area contributed by atoms with E-state index in [-0.39, 0.29) is 0 Å². The lowest BCUT2D eigenvalue weighted by atomic mass is 10.1. The Kier molecular flexibility index (Phi) is 3.25. The van der Waals surface area contributed by atoms with E-state index in [0.717, 1.165) is 22.8 Å². The molecule has 3 aromatic rings. The van der Waals surface area contributed by atoms with Crippen molar-refractivity contribution in [1.29, 1.82) is 0 Å². The van der Waals surface area contributed by atoms with Crippen LogP contribution in [0.4, 0.5) is 0 Å².